The molecule has 3 rings (SSSR count). The van der Waals surface area contributed by atoms with E-state index in [1.54, 1.807) is 24.2 Å². The van der Waals surface area contributed by atoms with E-state index >= 15 is 0 Å². The number of thioether (sulfide) groups is 1. The number of halogens is 1. The largest absolute Gasteiger partial charge is 0.398 e. The fourth-order valence-electron chi connectivity index (χ4n) is 1.97. The average molecular weight is 302 g/mol. The quantitative estimate of drug-likeness (QED) is 0.583. The third kappa shape index (κ3) is 2.71. The van der Waals surface area contributed by atoms with E-state index in [0.717, 1.165) is 32.9 Å². The zero-order chi connectivity index (χ0) is 13.9. The standard InChI is InChI=1S/C15H12ClN3S/c16-11-4-6-14(19-8-11)20-9-10-3-5-13(17)12-2-1-7-18-15(10)12/h1-8H,9,17H2. The van der Waals surface area contributed by atoms with Gasteiger partial charge in [0.25, 0.3) is 0 Å². The van der Waals surface area contributed by atoms with Crippen LogP contribution in [0.1, 0.15) is 5.56 Å². The molecule has 100 valence electrons. The van der Waals surface area contributed by atoms with Gasteiger partial charge < -0.3 is 5.73 Å². The van der Waals surface area contributed by atoms with Gasteiger partial charge in [-0.2, -0.15) is 0 Å². The summed E-state index contributed by atoms with van der Waals surface area (Å²) in [5, 5.41) is 2.58. The van der Waals surface area contributed by atoms with Gasteiger partial charge in [0.1, 0.15) is 0 Å². The Balaban J connectivity index is 1.88. The summed E-state index contributed by atoms with van der Waals surface area (Å²) in [6.45, 7) is 0. The second-order valence-corrected chi connectivity index (χ2v) is 5.75. The lowest BCUT2D eigenvalue weighted by atomic mass is 10.1. The number of nitrogen functional groups attached to an aromatic ring is 1. The lowest BCUT2D eigenvalue weighted by Gasteiger charge is -2.07. The van der Waals surface area contributed by atoms with Gasteiger partial charge in [0.05, 0.1) is 15.6 Å². The van der Waals surface area contributed by atoms with Crippen molar-refractivity contribution < 1.29 is 0 Å². The number of aromatic nitrogens is 2. The molecule has 5 heteroatoms. The lowest BCUT2D eigenvalue weighted by Crippen LogP contribution is -1.93. The van der Waals surface area contributed by atoms with Crippen molar-refractivity contribution >= 4 is 40.0 Å². The molecule has 0 fully saturated rings. The minimum Gasteiger partial charge on any atom is -0.398 e. The smallest absolute Gasteiger partial charge is 0.0964 e. The van der Waals surface area contributed by atoms with E-state index in [4.69, 9.17) is 17.3 Å². The molecule has 0 amide bonds. The molecule has 0 aliphatic carbocycles. The van der Waals surface area contributed by atoms with Gasteiger partial charge in [-0.15, -0.1) is 11.8 Å². The molecule has 0 saturated carbocycles. The summed E-state index contributed by atoms with van der Waals surface area (Å²) in [5.41, 5.74) is 8.83. The maximum Gasteiger partial charge on any atom is 0.0964 e. The predicted molar refractivity (Wildman–Crippen MR) is 85.0 cm³/mol. The van der Waals surface area contributed by atoms with Crippen LogP contribution in [0.4, 0.5) is 5.69 Å². The molecular weight excluding hydrogens is 290 g/mol. The van der Waals surface area contributed by atoms with Crippen molar-refractivity contribution in [2.45, 2.75) is 10.8 Å². The van der Waals surface area contributed by atoms with E-state index in [-0.39, 0.29) is 0 Å². The molecule has 0 aliphatic heterocycles. The summed E-state index contributed by atoms with van der Waals surface area (Å²) in [5.74, 6) is 0.794. The number of nitrogens with two attached hydrogens (primary N) is 1. The Morgan fingerprint density at radius 1 is 1.10 bits per heavy atom. The Morgan fingerprint density at radius 2 is 2.00 bits per heavy atom. The average Bonchev–Trinajstić information content (AvgIpc) is 2.49. The highest BCUT2D eigenvalue weighted by Gasteiger charge is 2.06. The van der Waals surface area contributed by atoms with Gasteiger partial charge in [-0.1, -0.05) is 17.7 Å². The van der Waals surface area contributed by atoms with Crippen molar-refractivity contribution in [3.63, 3.8) is 0 Å². The molecule has 2 N–H and O–H groups in total. The molecule has 0 aliphatic rings. The van der Waals surface area contributed by atoms with E-state index in [9.17, 15) is 0 Å². The summed E-state index contributed by atoms with van der Waals surface area (Å²) in [6, 6.07) is 11.6. The van der Waals surface area contributed by atoms with Crippen molar-refractivity contribution in [1.29, 1.82) is 0 Å². The highest BCUT2D eigenvalue weighted by Crippen LogP contribution is 2.28. The Hall–Kier alpha value is -1.78. The molecule has 2 aromatic heterocycles. The number of pyridine rings is 2. The summed E-state index contributed by atoms with van der Waals surface area (Å²) in [4.78, 5) is 8.71. The molecule has 0 saturated heterocycles. The molecule has 2 heterocycles. The van der Waals surface area contributed by atoms with E-state index in [0.29, 0.717) is 5.02 Å². The van der Waals surface area contributed by atoms with E-state index in [1.807, 2.05) is 36.4 Å². The number of hydrogen-bond donors (Lipinski definition) is 1. The molecule has 1 aromatic carbocycles. The number of hydrogen-bond acceptors (Lipinski definition) is 4. The number of benzene rings is 1. The third-order valence-electron chi connectivity index (χ3n) is 2.96. The van der Waals surface area contributed by atoms with Crippen LogP contribution in [-0.2, 0) is 5.75 Å². The van der Waals surface area contributed by atoms with Crippen LogP contribution in [0.25, 0.3) is 10.9 Å². The van der Waals surface area contributed by atoms with Crippen LogP contribution < -0.4 is 5.73 Å². The van der Waals surface area contributed by atoms with E-state index < -0.39 is 0 Å². The molecule has 3 aromatic rings. The van der Waals surface area contributed by atoms with Crippen molar-refractivity contribution in [2.75, 3.05) is 5.73 Å². The monoisotopic (exact) mass is 301 g/mol. The van der Waals surface area contributed by atoms with Crippen LogP contribution in [0.2, 0.25) is 5.02 Å². The summed E-state index contributed by atoms with van der Waals surface area (Å²) >= 11 is 7.48. The van der Waals surface area contributed by atoms with Crippen molar-refractivity contribution in [2.24, 2.45) is 0 Å². The zero-order valence-corrected chi connectivity index (χ0v) is 12.2. The summed E-state index contributed by atoms with van der Waals surface area (Å²) < 4.78 is 0. The van der Waals surface area contributed by atoms with Gasteiger partial charge in [0.15, 0.2) is 0 Å². The fraction of sp³-hybridized carbons (Fsp3) is 0.0667. The first-order chi connectivity index (χ1) is 9.74. The number of anilines is 1. The van der Waals surface area contributed by atoms with E-state index in [1.165, 1.54) is 0 Å². The fourth-order valence-corrected chi connectivity index (χ4v) is 2.91. The normalized spacial score (nSPS) is 10.8. The SMILES string of the molecule is Nc1ccc(CSc2ccc(Cl)cn2)c2ncccc12. The Morgan fingerprint density at radius 3 is 2.80 bits per heavy atom. The molecular formula is C15H12ClN3S. The van der Waals surface area contributed by atoms with Gasteiger partial charge in [0.2, 0.25) is 0 Å². The molecule has 0 atom stereocenters. The number of rotatable bonds is 3. The van der Waals surface area contributed by atoms with Crippen LogP contribution in [0, 0.1) is 0 Å². The van der Waals surface area contributed by atoms with Crippen molar-refractivity contribution in [3.05, 3.63) is 59.4 Å². The van der Waals surface area contributed by atoms with Gasteiger partial charge in [-0.05, 0) is 35.9 Å². The first-order valence-electron chi connectivity index (χ1n) is 6.10. The van der Waals surface area contributed by atoms with E-state index in [2.05, 4.69) is 9.97 Å². The Bertz CT molecular complexity index is 744. The molecule has 0 radical (unpaired) electrons. The lowest BCUT2D eigenvalue weighted by molar-refractivity contribution is 1.13. The zero-order valence-electron chi connectivity index (χ0n) is 10.6. The highest BCUT2D eigenvalue weighted by atomic mass is 35.5. The first-order valence-corrected chi connectivity index (χ1v) is 7.47. The Labute approximate surface area is 126 Å². The van der Waals surface area contributed by atoms with Crippen LogP contribution >= 0.6 is 23.4 Å². The maximum absolute atomic E-state index is 5.98. The second-order valence-electron chi connectivity index (χ2n) is 4.32. The molecule has 0 spiro atoms. The van der Waals surface area contributed by atoms with Gasteiger partial charge >= 0.3 is 0 Å². The molecule has 0 unspecified atom stereocenters. The van der Waals surface area contributed by atoms with Crippen LogP contribution in [0.3, 0.4) is 0 Å². The molecule has 0 bridgehead atoms. The molecule has 20 heavy (non-hydrogen) atoms. The minimum atomic E-state index is 0.647. The maximum atomic E-state index is 5.98. The number of nitrogens with zero attached hydrogens (tertiary/aromatic N) is 2. The van der Waals surface area contributed by atoms with Crippen molar-refractivity contribution in [3.8, 4) is 0 Å². The van der Waals surface area contributed by atoms with Crippen LogP contribution in [0.15, 0.2) is 53.8 Å². The summed E-state index contributed by atoms with van der Waals surface area (Å²) in [6.07, 6.45) is 3.44. The van der Waals surface area contributed by atoms with Crippen LogP contribution in [-0.4, -0.2) is 9.97 Å². The predicted octanol–water partition coefficient (Wildman–Crippen LogP) is 4.16. The van der Waals surface area contributed by atoms with Crippen molar-refractivity contribution in [1.82, 2.24) is 9.97 Å². The Kier molecular flexibility index (Phi) is 3.76. The highest BCUT2D eigenvalue weighted by molar-refractivity contribution is 7.98. The summed E-state index contributed by atoms with van der Waals surface area (Å²) in [7, 11) is 0. The first kappa shape index (κ1) is 13.2. The third-order valence-corrected chi connectivity index (χ3v) is 4.18. The molecule has 3 nitrogen and oxygen atoms in total. The van der Waals surface area contributed by atoms with Gasteiger partial charge in [0, 0.05) is 29.2 Å². The second kappa shape index (κ2) is 5.69. The van der Waals surface area contributed by atoms with Gasteiger partial charge in [-0.25, -0.2) is 4.98 Å². The minimum absolute atomic E-state index is 0.647. The van der Waals surface area contributed by atoms with Gasteiger partial charge in [-0.3, -0.25) is 4.98 Å². The topological polar surface area (TPSA) is 51.8 Å². The van der Waals surface area contributed by atoms with Crippen LogP contribution in [0.5, 0.6) is 0 Å². The number of fused-ring (bicyclic) bond motifs is 1.